The minimum atomic E-state index is 0.0922. The number of methoxy groups -OCH3 is 1. The van der Waals surface area contributed by atoms with Gasteiger partial charge in [-0.15, -0.1) is 5.10 Å². The summed E-state index contributed by atoms with van der Waals surface area (Å²) in [7, 11) is 1.61. The molecule has 27 heavy (non-hydrogen) atoms. The number of tetrazole rings is 1. The minimum Gasteiger partial charge on any atom is -0.494 e. The van der Waals surface area contributed by atoms with Crippen LogP contribution in [-0.2, 0) is 0 Å². The molecule has 0 bridgehead atoms. The highest BCUT2D eigenvalue weighted by Crippen LogP contribution is 2.38. The number of carbonyl (C=O) groups excluding carboxylic acids is 1. The lowest BCUT2D eigenvalue weighted by molar-refractivity contribution is 0.102. The molecule has 0 spiro atoms. The van der Waals surface area contributed by atoms with Gasteiger partial charge in [0.05, 0.1) is 12.9 Å². The number of nitrogens with zero attached hydrogens (tertiary/aromatic N) is 5. The van der Waals surface area contributed by atoms with Crippen LogP contribution in [0.1, 0.15) is 40.6 Å². The predicted molar refractivity (Wildman–Crippen MR) is 103 cm³/mol. The second kappa shape index (κ2) is 7.19. The van der Waals surface area contributed by atoms with Gasteiger partial charge in [-0.05, 0) is 55.3 Å². The summed E-state index contributed by atoms with van der Waals surface area (Å²) < 4.78 is 9.27. The first-order valence-electron chi connectivity index (χ1n) is 8.86. The van der Waals surface area contributed by atoms with Crippen LogP contribution >= 0.6 is 11.8 Å². The Morgan fingerprint density at radius 1 is 1.30 bits per heavy atom. The molecule has 2 heterocycles. The van der Waals surface area contributed by atoms with Crippen LogP contribution in [0.4, 0.5) is 0 Å². The molecule has 1 fully saturated rings. The molecule has 1 aromatic carbocycles. The Bertz CT molecular complexity index is 990. The Kier molecular flexibility index (Phi) is 4.73. The van der Waals surface area contributed by atoms with E-state index in [9.17, 15) is 4.79 Å². The fourth-order valence-corrected chi connectivity index (χ4v) is 4.15. The number of aryl methyl sites for hydroxylation is 1. The zero-order chi connectivity index (χ0) is 19.0. The minimum absolute atomic E-state index is 0.0922. The summed E-state index contributed by atoms with van der Waals surface area (Å²) in [5.41, 5.74) is 3.75. The number of thioether (sulfide) groups is 1. The summed E-state index contributed by atoms with van der Waals surface area (Å²) >= 11 is 1.33. The molecule has 8 heteroatoms. The molecule has 0 saturated heterocycles. The van der Waals surface area contributed by atoms with E-state index >= 15 is 0 Å². The summed E-state index contributed by atoms with van der Waals surface area (Å²) in [6.07, 6.45) is 2.40. The number of ketones is 1. The number of aromatic nitrogens is 5. The van der Waals surface area contributed by atoms with Gasteiger partial charge in [0.15, 0.2) is 5.78 Å². The van der Waals surface area contributed by atoms with E-state index in [4.69, 9.17) is 4.74 Å². The van der Waals surface area contributed by atoms with Crippen LogP contribution in [0.2, 0.25) is 0 Å². The molecule has 2 aromatic heterocycles. The van der Waals surface area contributed by atoms with Crippen LogP contribution in [-0.4, -0.2) is 43.4 Å². The largest absolute Gasteiger partial charge is 0.494 e. The topological polar surface area (TPSA) is 74.8 Å². The van der Waals surface area contributed by atoms with Crippen molar-refractivity contribution in [3.05, 3.63) is 47.3 Å². The van der Waals surface area contributed by atoms with Gasteiger partial charge in [0, 0.05) is 23.0 Å². The number of benzene rings is 1. The fourth-order valence-electron chi connectivity index (χ4n) is 3.39. The molecular weight excluding hydrogens is 362 g/mol. The normalized spacial score (nSPS) is 13.7. The Hall–Kier alpha value is -2.61. The van der Waals surface area contributed by atoms with Gasteiger partial charge in [0.1, 0.15) is 11.4 Å². The average Bonchev–Trinajstić information content (AvgIpc) is 3.31. The lowest BCUT2D eigenvalue weighted by Crippen LogP contribution is -2.07. The molecule has 1 aliphatic carbocycles. The second-order valence-electron chi connectivity index (χ2n) is 6.64. The van der Waals surface area contributed by atoms with Gasteiger partial charge in [0.2, 0.25) is 5.16 Å². The maximum Gasteiger partial charge on any atom is 0.214 e. The number of rotatable bonds is 7. The summed E-state index contributed by atoms with van der Waals surface area (Å²) in [6.45, 7) is 4.10. The van der Waals surface area contributed by atoms with Gasteiger partial charge in [-0.2, -0.15) is 4.68 Å². The first-order valence-corrected chi connectivity index (χ1v) is 9.85. The van der Waals surface area contributed by atoms with E-state index in [-0.39, 0.29) is 11.5 Å². The standard InChI is InChI=1S/C19H21N5O2S/c1-12-10-15(13(2)23(12)14-8-9-14)17(25)11-27-19-20-21-22-24(19)16-6-4-5-7-18(16)26-3/h4-7,10,14H,8-9,11H2,1-3H3. The average molecular weight is 383 g/mol. The van der Waals surface area contributed by atoms with E-state index in [2.05, 4.69) is 27.0 Å². The molecule has 0 N–H and O–H groups in total. The van der Waals surface area contributed by atoms with Gasteiger partial charge >= 0.3 is 0 Å². The molecule has 0 radical (unpaired) electrons. The van der Waals surface area contributed by atoms with E-state index < -0.39 is 0 Å². The Balaban J connectivity index is 1.53. The zero-order valence-corrected chi connectivity index (χ0v) is 16.4. The maximum absolute atomic E-state index is 12.8. The highest BCUT2D eigenvalue weighted by atomic mass is 32.2. The summed E-state index contributed by atoms with van der Waals surface area (Å²) in [4.78, 5) is 12.8. The van der Waals surface area contributed by atoms with Crippen LogP contribution in [0, 0.1) is 13.8 Å². The second-order valence-corrected chi connectivity index (χ2v) is 7.59. The monoisotopic (exact) mass is 383 g/mol. The fraction of sp³-hybridized carbons (Fsp3) is 0.368. The van der Waals surface area contributed by atoms with Crippen molar-refractivity contribution in [1.29, 1.82) is 0 Å². The highest BCUT2D eigenvalue weighted by molar-refractivity contribution is 7.99. The SMILES string of the molecule is COc1ccccc1-n1nnnc1SCC(=O)c1cc(C)n(C2CC2)c1C. The van der Waals surface area contributed by atoms with E-state index in [0.29, 0.717) is 16.9 Å². The number of hydrogen-bond donors (Lipinski definition) is 0. The van der Waals surface area contributed by atoms with E-state index in [0.717, 1.165) is 22.6 Å². The lowest BCUT2D eigenvalue weighted by Gasteiger charge is -2.09. The first-order chi connectivity index (χ1) is 13.1. The zero-order valence-electron chi connectivity index (χ0n) is 15.5. The number of ether oxygens (including phenoxy) is 1. The van der Waals surface area contributed by atoms with Gasteiger partial charge in [-0.1, -0.05) is 23.9 Å². The van der Waals surface area contributed by atoms with E-state index in [1.165, 1.54) is 24.6 Å². The molecule has 0 unspecified atom stereocenters. The molecule has 4 rings (SSSR count). The summed E-state index contributed by atoms with van der Waals surface area (Å²) in [5.74, 6) is 1.05. The molecule has 0 aliphatic heterocycles. The molecule has 0 amide bonds. The van der Waals surface area contributed by atoms with Crippen LogP contribution in [0.25, 0.3) is 5.69 Å². The van der Waals surface area contributed by atoms with Crippen molar-refractivity contribution >= 4 is 17.5 Å². The molecule has 3 aromatic rings. The van der Waals surface area contributed by atoms with Crippen molar-refractivity contribution in [1.82, 2.24) is 24.8 Å². The predicted octanol–water partition coefficient (Wildman–Crippen LogP) is 3.40. The lowest BCUT2D eigenvalue weighted by atomic mass is 10.2. The van der Waals surface area contributed by atoms with Crippen molar-refractivity contribution in [3.63, 3.8) is 0 Å². The molecule has 140 valence electrons. The van der Waals surface area contributed by atoms with Gasteiger partial charge in [-0.3, -0.25) is 4.79 Å². The third-order valence-electron chi connectivity index (χ3n) is 4.78. The number of para-hydroxylation sites is 2. The maximum atomic E-state index is 12.8. The Labute approximate surface area is 161 Å². The van der Waals surface area contributed by atoms with Crippen LogP contribution in [0.5, 0.6) is 5.75 Å². The molecule has 1 saturated carbocycles. The number of hydrogen-bond acceptors (Lipinski definition) is 6. The summed E-state index contributed by atoms with van der Waals surface area (Å²) in [5, 5.41) is 12.4. The molecule has 0 atom stereocenters. The molecule has 1 aliphatic rings. The third kappa shape index (κ3) is 3.37. The first kappa shape index (κ1) is 17.8. The van der Waals surface area contributed by atoms with Crippen LogP contribution < -0.4 is 4.74 Å². The number of Topliss-reactive ketones (excluding diaryl/α,β-unsaturated/α-hetero) is 1. The van der Waals surface area contributed by atoms with E-state index in [1.54, 1.807) is 11.8 Å². The van der Waals surface area contributed by atoms with Gasteiger partial charge < -0.3 is 9.30 Å². The van der Waals surface area contributed by atoms with Gasteiger partial charge in [0.25, 0.3) is 0 Å². The molecule has 7 nitrogen and oxygen atoms in total. The van der Waals surface area contributed by atoms with Crippen molar-refractivity contribution < 1.29 is 9.53 Å². The number of carbonyl (C=O) groups is 1. The van der Waals surface area contributed by atoms with Crippen molar-refractivity contribution in [2.45, 2.75) is 37.9 Å². The molecular formula is C19H21N5O2S. The van der Waals surface area contributed by atoms with Crippen molar-refractivity contribution in [2.75, 3.05) is 12.9 Å². The van der Waals surface area contributed by atoms with Gasteiger partial charge in [-0.25, -0.2) is 0 Å². The summed E-state index contributed by atoms with van der Waals surface area (Å²) in [6, 6.07) is 10.1. The Morgan fingerprint density at radius 3 is 2.81 bits per heavy atom. The van der Waals surface area contributed by atoms with Crippen molar-refractivity contribution in [2.24, 2.45) is 0 Å². The smallest absolute Gasteiger partial charge is 0.214 e. The third-order valence-corrected chi connectivity index (χ3v) is 5.70. The highest BCUT2D eigenvalue weighted by Gasteiger charge is 2.28. The Morgan fingerprint density at radius 2 is 2.07 bits per heavy atom. The van der Waals surface area contributed by atoms with Crippen LogP contribution in [0.3, 0.4) is 0 Å². The quantitative estimate of drug-likeness (QED) is 0.460. The van der Waals surface area contributed by atoms with E-state index in [1.807, 2.05) is 37.3 Å². The van der Waals surface area contributed by atoms with Crippen LogP contribution in [0.15, 0.2) is 35.5 Å². The van der Waals surface area contributed by atoms with Crippen molar-refractivity contribution in [3.8, 4) is 11.4 Å².